The lowest BCUT2D eigenvalue weighted by atomic mass is 9.93. The van der Waals surface area contributed by atoms with E-state index in [0.717, 1.165) is 69.7 Å². The van der Waals surface area contributed by atoms with Crippen LogP contribution in [-0.4, -0.2) is 52.9 Å². The summed E-state index contributed by atoms with van der Waals surface area (Å²) in [5, 5.41) is 3.07. The second kappa shape index (κ2) is 10.1. The first-order valence-corrected chi connectivity index (χ1v) is 11.1. The second-order valence-electron chi connectivity index (χ2n) is 8.51. The number of hydrogen-bond donors (Lipinski definition) is 1. The first-order valence-electron chi connectivity index (χ1n) is 11.1. The molecule has 0 spiro atoms. The molecule has 1 aromatic heterocycles. The van der Waals surface area contributed by atoms with E-state index in [1.54, 1.807) is 6.20 Å². The van der Waals surface area contributed by atoms with Gasteiger partial charge in [-0.2, -0.15) is 0 Å². The van der Waals surface area contributed by atoms with Gasteiger partial charge in [-0.1, -0.05) is 18.2 Å². The SMILES string of the molecule is O=C(NCc1ccccn1)[C@H]1CCCN(C2CCN(Cc3ccc(F)cc3)CC2)C1. The zero-order chi connectivity index (χ0) is 20.8. The summed E-state index contributed by atoms with van der Waals surface area (Å²) in [6.45, 7) is 5.43. The van der Waals surface area contributed by atoms with Crippen molar-refractivity contribution in [3.8, 4) is 0 Å². The molecule has 2 aromatic rings. The van der Waals surface area contributed by atoms with Gasteiger partial charge in [-0.15, -0.1) is 0 Å². The molecular weight excluding hydrogens is 379 g/mol. The highest BCUT2D eigenvalue weighted by atomic mass is 19.1. The maximum atomic E-state index is 13.1. The Kier molecular flexibility index (Phi) is 7.07. The number of halogens is 1. The van der Waals surface area contributed by atoms with Crippen molar-refractivity contribution in [1.82, 2.24) is 20.1 Å². The number of hydrogen-bond acceptors (Lipinski definition) is 4. The standard InChI is InChI=1S/C24H31FN4O/c25-21-8-6-19(7-9-21)17-28-14-10-23(11-15-28)29-13-3-4-20(18-29)24(30)27-16-22-5-1-2-12-26-22/h1-2,5-9,12,20,23H,3-4,10-11,13-18H2,(H,27,30)/t20-/m0/s1. The summed E-state index contributed by atoms with van der Waals surface area (Å²) in [5.41, 5.74) is 2.06. The van der Waals surface area contributed by atoms with E-state index in [1.165, 1.54) is 12.1 Å². The summed E-state index contributed by atoms with van der Waals surface area (Å²) in [5.74, 6) is 0.0417. The van der Waals surface area contributed by atoms with E-state index in [0.29, 0.717) is 12.6 Å². The van der Waals surface area contributed by atoms with Gasteiger partial charge >= 0.3 is 0 Å². The highest BCUT2D eigenvalue weighted by Crippen LogP contribution is 2.25. The van der Waals surface area contributed by atoms with Gasteiger partial charge in [-0.3, -0.25) is 19.6 Å². The normalized spacial score (nSPS) is 21.4. The van der Waals surface area contributed by atoms with Crippen molar-refractivity contribution in [1.29, 1.82) is 0 Å². The molecule has 4 rings (SSSR count). The number of likely N-dealkylation sites (tertiary alicyclic amines) is 2. The molecule has 160 valence electrons. The molecule has 0 aliphatic carbocycles. The number of piperidine rings is 2. The number of aromatic nitrogens is 1. The van der Waals surface area contributed by atoms with E-state index < -0.39 is 0 Å². The van der Waals surface area contributed by atoms with Gasteiger partial charge < -0.3 is 5.32 Å². The molecule has 3 heterocycles. The molecule has 1 N–H and O–H groups in total. The van der Waals surface area contributed by atoms with Gasteiger partial charge in [0.05, 0.1) is 18.2 Å². The first kappa shape index (κ1) is 20.9. The molecule has 0 saturated carbocycles. The second-order valence-corrected chi connectivity index (χ2v) is 8.51. The zero-order valence-electron chi connectivity index (χ0n) is 17.5. The van der Waals surface area contributed by atoms with Gasteiger partial charge in [0, 0.05) is 25.3 Å². The molecule has 6 heteroatoms. The molecule has 0 unspecified atom stereocenters. The molecular formula is C24H31FN4O. The van der Waals surface area contributed by atoms with Crippen LogP contribution in [0.3, 0.4) is 0 Å². The molecule has 2 aliphatic rings. The highest BCUT2D eigenvalue weighted by molar-refractivity contribution is 5.78. The van der Waals surface area contributed by atoms with Gasteiger partial charge in [-0.05, 0) is 75.1 Å². The van der Waals surface area contributed by atoms with Gasteiger partial charge in [0.15, 0.2) is 0 Å². The van der Waals surface area contributed by atoms with E-state index in [-0.39, 0.29) is 17.6 Å². The smallest absolute Gasteiger partial charge is 0.224 e. The molecule has 5 nitrogen and oxygen atoms in total. The summed E-state index contributed by atoms with van der Waals surface area (Å²) in [4.78, 5) is 21.9. The van der Waals surface area contributed by atoms with Crippen molar-refractivity contribution < 1.29 is 9.18 Å². The summed E-state index contributed by atoms with van der Waals surface area (Å²) >= 11 is 0. The Morgan fingerprint density at radius 1 is 1.07 bits per heavy atom. The van der Waals surface area contributed by atoms with Crippen LogP contribution in [-0.2, 0) is 17.9 Å². The fraction of sp³-hybridized carbons (Fsp3) is 0.500. The molecule has 0 bridgehead atoms. The van der Waals surface area contributed by atoms with Crippen LogP contribution in [0.1, 0.15) is 36.9 Å². The van der Waals surface area contributed by atoms with Crippen LogP contribution in [0.2, 0.25) is 0 Å². The lowest BCUT2D eigenvalue weighted by Gasteiger charge is -2.42. The predicted molar refractivity (Wildman–Crippen MR) is 115 cm³/mol. The van der Waals surface area contributed by atoms with E-state index in [9.17, 15) is 9.18 Å². The van der Waals surface area contributed by atoms with Crippen LogP contribution in [0.4, 0.5) is 4.39 Å². The van der Waals surface area contributed by atoms with Crippen molar-refractivity contribution in [3.63, 3.8) is 0 Å². The molecule has 1 aromatic carbocycles. The molecule has 1 amide bonds. The Bertz CT molecular complexity index is 806. The number of nitrogens with one attached hydrogen (secondary N) is 1. The molecule has 1 atom stereocenters. The van der Waals surface area contributed by atoms with Crippen LogP contribution in [0, 0.1) is 11.7 Å². The van der Waals surface area contributed by atoms with Crippen molar-refractivity contribution in [2.45, 2.75) is 44.8 Å². The maximum absolute atomic E-state index is 13.1. The molecule has 2 aliphatic heterocycles. The third kappa shape index (κ3) is 5.64. The number of pyridine rings is 1. The van der Waals surface area contributed by atoms with Crippen molar-refractivity contribution >= 4 is 5.91 Å². The summed E-state index contributed by atoms with van der Waals surface area (Å²) < 4.78 is 13.1. The quantitative estimate of drug-likeness (QED) is 0.795. The summed E-state index contributed by atoms with van der Waals surface area (Å²) in [6, 6.07) is 13.1. The Balaban J connectivity index is 1.23. The molecule has 0 radical (unpaired) electrons. The lowest BCUT2D eigenvalue weighted by molar-refractivity contribution is -0.127. The number of carbonyl (C=O) groups excluding carboxylic acids is 1. The summed E-state index contributed by atoms with van der Waals surface area (Å²) in [7, 11) is 0. The van der Waals surface area contributed by atoms with Crippen molar-refractivity contribution in [2.75, 3.05) is 26.2 Å². The zero-order valence-corrected chi connectivity index (χ0v) is 17.5. The van der Waals surface area contributed by atoms with E-state index in [2.05, 4.69) is 20.1 Å². The third-order valence-corrected chi connectivity index (χ3v) is 6.39. The Hall–Kier alpha value is -2.31. The third-order valence-electron chi connectivity index (χ3n) is 6.39. The van der Waals surface area contributed by atoms with Gasteiger partial charge in [0.1, 0.15) is 5.82 Å². The summed E-state index contributed by atoms with van der Waals surface area (Å²) in [6.07, 6.45) is 6.06. The Morgan fingerprint density at radius 3 is 2.60 bits per heavy atom. The maximum Gasteiger partial charge on any atom is 0.224 e. The fourth-order valence-electron chi connectivity index (χ4n) is 4.67. The average molecular weight is 411 g/mol. The van der Waals surface area contributed by atoms with E-state index >= 15 is 0 Å². The topological polar surface area (TPSA) is 48.5 Å². The highest BCUT2D eigenvalue weighted by Gasteiger charge is 2.31. The Labute approximate surface area is 178 Å². The molecule has 2 fully saturated rings. The minimum atomic E-state index is -0.179. The van der Waals surface area contributed by atoms with Gasteiger partial charge in [-0.25, -0.2) is 4.39 Å². The van der Waals surface area contributed by atoms with Crippen molar-refractivity contribution in [2.24, 2.45) is 5.92 Å². The largest absolute Gasteiger partial charge is 0.350 e. The molecule has 2 saturated heterocycles. The van der Waals surface area contributed by atoms with E-state index in [1.807, 2.05) is 30.3 Å². The minimum Gasteiger partial charge on any atom is -0.350 e. The number of carbonyl (C=O) groups is 1. The van der Waals surface area contributed by atoms with Crippen LogP contribution >= 0.6 is 0 Å². The van der Waals surface area contributed by atoms with Crippen LogP contribution in [0.15, 0.2) is 48.7 Å². The van der Waals surface area contributed by atoms with Gasteiger partial charge in [0.2, 0.25) is 5.91 Å². The number of nitrogens with zero attached hydrogens (tertiary/aromatic N) is 3. The predicted octanol–water partition coefficient (Wildman–Crippen LogP) is 3.21. The van der Waals surface area contributed by atoms with E-state index in [4.69, 9.17) is 0 Å². The lowest BCUT2D eigenvalue weighted by Crippen LogP contribution is -2.50. The van der Waals surface area contributed by atoms with Crippen LogP contribution < -0.4 is 5.32 Å². The Morgan fingerprint density at radius 2 is 1.87 bits per heavy atom. The van der Waals surface area contributed by atoms with Crippen LogP contribution in [0.5, 0.6) is 0 Å². The van der Waals surface area contributed by atoms with Crippen molar-refractivity contribution in [3.05, 3.63) is 65.7 Å². The number of amides is 1. The molecule has 30 heavy (non-hydrogen) atoms. The minimum absolute atomic E-state index is 0.0692. The first-order chi connectivity index (χ1) is 14.7. The van der Waals surface area contributed by atoms with Gasteiger partial charge in [0.25, 0.3) is 0 Å². The fourth-order valence-corrected chi connectivity index (χ4v) is 4.67. The monoisotopic (exact) mass is 410 g/mol. The number of rotatable bonds is 6. The average Bonchev–Trinajstić information content (AvgIpc) is 2.80. The van der Waals surface area contributed by atoms with Crippen LogP contribution in [0.25, 0.3) is 0 Å². The number of benzene rings is 1.